The van der Waals surface area contributed by atoms with E-state index in [9.17, 15) is 13.2 Å². The molecule has 0 atom stereocenters. The number of unbranched alkanes of at least 4 members (excludes halogenated alkanes) is 1. The lowest BCUT2D eigenvalue weighted by molar-refractivity contribution is -0.114. The molecule has 0 spiro atoms. The number of hydrogen-bond acceptors (Lipinski definition) is 3. The molecule has 166 valence electrons. The second-order valence-electron chi connectivity index (χ2n) is 8.06. The van der Waals surface area contributed by atoms with E-state index in [1.165, 1.54) is 9.87 Å². The first-order chi connectivity index (χ1) is 15.4. The average Bonchev–Trinajstić information content (AvgIpc) is 2.81. The summed E-state index contributed by atoms with van der Waals surface area (Å²) < 4.78 is 28.0. The first kappa shape index (κ1) is 22.1. The molecule has 4 rings (SSSR count). The Hall–Kier alpha value is -3.12. The third-order valence-corrected chi connectivity index (χ3v) is 7.64. The molecule has 32 heavy (non-hydrogen) atoms. The smallest absolute Gasteiger partial charge is 0.265 e. The number of amides is 1. The minimum Gasteiger partial charge on any atom is -0.325 e. The van der Waals surface area contributed by atoms with Crippen LogP contribution >= 0.6 is 0 Å². The Kier molecular flexibility index (Phi) is 6.33. The third kappa shape index (κ3) is 4.28. The van der Waals surface area contributed by atoms with Gasteiger partial charge in [0, 0.05) is 16.8 Å². The summed E-state index contributed by atoms with van der Waals surface area (Å²) in [6.45, 7) is 3.93. The Bertz CT molecular complexity index is 1230. The highest BCUT2D eigenvalue weighted by Gasteiger charge is 2.35. The van der Waals surface area contributed by atoms with E-state index in [0.29, 0.717) is 16.9 Å². The molecule has 5 nitrogen and oxygen atoms in total. The molecular formula is C26H28N2O3S. The molecule has 0 aromatic heterocycles. The Morgan fingerprint density at radius 1 is 0.906 bits per heavy atom. The summed E-state index contributed by atoms with van der Waals surface area (Å²) in [6.07, 6.45) is 4.11. The molecular weight excluding hydrogens is 420 g/mol. The highest BCUT2D eigenvalue weighted by molar-refractivity contribution is 7.93. The van der Waals surface area contributed by atoms with Crippen molar-refractivity contribution in [2.45, 2.75) is 44.4 Å². The molecule has 0 bridgehead atoms. The molecule has 0 aliphatic carbocycles. The zero-order valence-electron chi connectivity index (χ0n) is 18.5. The number of nitrogens with zero attached hydrogens (tertiary/aromatic N) is 1. The van der Waals surface area contributed by atoms with Gasteiger partial charge in [0.25, 0.3) is 10.0 Å². The number of carbonyl (C=O) groups excluding carboxylic acids is 1. The van der Waals surface area contributed by atoms with Gasteiger partial charge in [-0.3, -0.25) is 9.10 Å². The standard InChI is InChI=1S/C26H28N2O3S/c1-3-5-8-20-11-14-21(15-12-20)27-26(29)18-28-24-16-13-19(4-2)17-23(24)22-9-6-7-10-25(22)32(28,30)31/h6-7,9-17H,3-5,8,18H2,1-2H3,(H,27,29). The lowest BCUT2D eigenvalue weighted by Crippen LogP contribution is -2.40. The van der Waals surface area contributed by atoms with Gasteiger partial charge in [0.1, 0.15) is 6.54 Å². The van der Waals surface area contributed by atoms with Crippen molar-refractivity contribution in [3.8, 4) is 11.1 Å². The zero-order valence-corrected chi connectivity index (χ0v) is 19.3. The molecule has 1 aliphatic rings. The number of rotatable bonds is 7. The van der Waals surface area contributed by atoms with Crippen molar-refractivity contribution in [1.29, 1.82) is 0 Å². The van der Waals surface area contributed by atoms with E-state index < -0.39 is 10.0 Å². The van der Waals surface area contributed by atoms with Gasteiger partial charge >= 0.3 is 0 Å². The van der Waals surface area contributed by atoms with Gasteiger partial charge in [0.2, 0.25) is 5.91 Å². The van der Waals surface area contributed by atoms with Crippen molar-refractivity contribution in [3.63, 3.8) is 0 Å². The van der Waals surface area contributed by atoms with E-state index in [1.807, 2.05) is 48.5 Å². The van der Waals surface area contributed by atoms with Crippen LogP contribution in [0.15, 0.2) is 71.6 Å². The first-order valence-corrected chi connectivity index (χ1v) is 12.5. The lowest BCUT2D eigenvalue weighted by atomic mass is 9.99. The largest absolute Gasteiger partial charge is 0.325 e. The molecule has 1 heterocycles. The predicted molar refractivity (Wildman–Crippen MR) is 129 cm³/mol. The quantitative estimate of drug-likeness (QED) is 0.526. The maximum atomic E-state index is 13.4. The fourth-order valence-corrected chi connectivity index (χ4v) is 5.68. The van der Waals surface area contributed by atoms with E-state index in [-0.39, 0.29) is 17.3 Å². The molecule has 0 unspecified atom stereocenters. The number of sulfonamides is 1. The van der Waals surface area contributed by atoms with Crippen LogP contribution in [0.1, 0.15) is 37.8 Å². The van der Waals surface area contributed by atoms with Crippen molar-refractivity contribution >= 4 is 27.3 Å². The molecule has 0 saturated carbocycles. The summed E-state index contributed by atoms with van der Waals surface area (Å²) in [5.41, 5.74) is 5.05. The van der Waals surface area contributed by atoms with E-state index in [2.05, 4.69) is 19.2 Å². The summed E-state index contributed by atoms with van der Waals surface area (Å²) in [6, 6.07) is 20.4. The van der Waals surface area contributed by atoms with Crippen LogP contribution in [0.5, 0.6) is 0 Å². The Morgan fingerprint density at radius 3 is 2.34 bits per heavy atom. The maximum absolute atomic E-state index is 13.4. The normalized spacial score (nSPS) is 13.9. The molecule has 1 amide bonds. The van der Waals surface area contributed by atoms with Crippen LogP contribution in [0.3, 0.4) is 0 Å². The summed E-state index contributed by atoms with van der Waals surface area (Å²) in [5, 5.41) is 2.84. The lowest BCUT2D eigenvalue weighted by Gasteiger charge is -2.32. The Morgan fingerprint density at radius 2 is 1.62 bits per heavy atom. The Labute approximate surface area is 190 Å². The highest BCUT2D eigenvalue weighted by Crippen LogP contribution is 2.43. The van der Waals surface area contributed by atoms with Crippen molar-refractivity contribution in [2.24, 2.45) is 0 Å². The van der Waals surface area contributed by atoms with Gasteiger partial charge in [-0.2, -0.15) is 0 Å². The third-order valence-electron chi connectivity index (χ3n) is 5.83. The number of aryl methyl sites for hydroxylation is 2. The van der Waals surface area contributed by atoms with Crippen molar-refractivity contribution < 1.29 is 13.2 Å². The van der Waals surface area contributed by atoms with Crippen LogP contribution in [0.25, 0.3) is 11.1 Å². The second-order valence-corrected chi connectivity index (χ2v) is 9.89. The van der Waals surface area contributed by atoms with Gasteiger partial charge in [-0.1, -0.05) is 56.7 Å². The molecule has 1 N–H and O–H groups in total. The van der Waals surface area contributed by atoms with E-state index >= 15 is 0 Å². The van der Waals surface area contributed by atoms with Crippen molar-refractivity contribution in [2.75, 3.05) is 16.2 Å². The molecule has 3 aromatic carbocycles. The van der Waals surface area contributed by atoms with Gasteiger partial charge in [-0.05, 0) is 60.7 Å². The van der Waals surface area contributed by atoms with Gasteiger partial charge in [0.05, 0.1) is 10.6 Å². The maximum Gasteiger partial charge on any atom is 0.265 e. The minimum absolute atomic E-state index is 0.230. The van der Waals surface area contributed by atoms with E-state index in [4.69, 9.17) is 0 Å². The zero-order chi connectivity index (χ0) is 22.7. The Balaban J connectivity index is 1.61. The van der Waals surface area contributed by atoms with Gasteiger partial charge in [-0.25, -0.2) is 8.42 Å². The van der Waals surface area contributed by atoms with Gasteiger partial charge < -0.3 is 5.32 Å². The highest BCUT2D eigenvalue weighted by atomic mass is 32.2. The predicted octanol–water partition coefficient (Wildman–Crippen LogP) is 5.41. The minimum atomic E-state index is -3.85. The van der Waals surface area contributed by atoms with Crippen LogP contribution in [-0.4, -0.2) is 20.9 Å². The van der Waals surface area contributed by atoms with Crippen LogP contribution in [0.4, 0.5) is 11.4 Å². The van der Waals surface area contributed by atoms with E-state index in [1.54, 1.807) is 18.2 Å². The fraction of sp³-hybridized carbons (Fsp3) is 0.269. The molecule has 0 radical (unpaired) electrons. The number of anilines is 2. The molecule has 3 aromatic rings. The number of hydrogen-bond donors (Lipinski definition) is 1. The SMILES string of the molecule is CCCCc1ccc(NC(=O)CN2c3ccc(CC)cc3-c3ccccc3S2(=O)=O)cc1. The topological polar surface area (TPSA) is 66.5 Å². The summed E-state index contributed by atoms with van der Waals surface area (Å²) in [4.78, 5) is 13.1. The summed E-state index contributed by atoms with van der Waals surface area (Å²) in [7, 11) is -3.85. The van der Waals surface area contributed by atoms with Crippen molar-refractivity contribution in [3.05, 3.63) is 77.9 Å². The van der Waals surface area contributed by atoms with E-state index in [0.717, 1.165) is 36.8 Å². The average molecular weight is 449 g/mol. The van der Waals surface area contributed by atoms with Gasteiger partial charge in [-0.15, -0.1) is 0 Å². The second kappa shape index (κ2) is 9.17. The number of benzene rings is 3. The monoisotopic (exact) mass is 448 g/mol. The molecule has 0 fully saturated rings. The molecule has 0 saturated heterocycles. The summed E-state index contributed by atoms with van der Waals surface area (Å²) >= 11 is 0. The first-order valence-electron chi connectivity index (χ1n) is 11.1. The van der Waals surface area contributed by atoms with Crippen LogP contribution < -0.4 is 9.62 Å². The van der Waals surface area contributed by atoms with Crippen LogP contribution in [0.2, 0.25) is 0 Å². The fourth-order valence-electron chi connectivity index (χ4n) is 4.04. The number of carbonyl (C=O) groups is 1. The van der Waals surface area contributed by atoms with Crippen molar-refractivity contribution in [1.82, 2.24) is 0 Å². The van der Waals surface area contributed by atoms with Crippen LogP contribution in [0, 0.1) is 0 Å². The number of nitrogens with one attached hydrogen (secondary N) is 1. The molecule has 6 heteroatoms. The molecule has 1 aliphatic heterocycles. The summed E-state index contributed by atoms with van der Waals surface area (Å²) in [5.74, 6) is -0.375. The van der Waals surface area contributed by atoms with Crippen LogP contribution in [-0.2, 0) is 27.7 Å². The van der Waals surface area contributed by atoms with Gasteiger partial charge in [0.15, 0.2) is 0 Å². The number of fused-ring (bicyclic) bond motifs is 3.